The van der Waals surface area contributed by atoms with Crippen molar-refractivity contribution in [3.8, 4) is 0 Å². The van der Waals surface area contributed by atoms with Gasteiger partial charge in [-0.1, -0.05) is 12.1 Å². The number of ether oxygens (including phenoxy) is 2. The first-order chi connectivity index (χ1) is 10.5. The summed E-state index contributed by atoms with van der Waals surface area (Å²) < 4.78 is 9.01. The standard InChI is InChI=1S/C15H15NO6/c1-21-13(18)9-22-12(17)7-4-8-16-14(19)10-5-2-3-6-11(10)15(16)20/h2-3,5-6H,4,7-9H2,1H3. The molecule has 0 spiro atoms. The second-order valence-electron chi connectivity index (χ2n) is 4.65. The highest BCUT2D eigenvalue weighted by Crippen LogP contribution is 2.22. The molecule has 1 aliphatic rings. The van der Waals surface area contributed by atoms with Gasteiger partial charge in [-0.25, -0.2) is 4.79 Å². The van der Waals surface area contributed by atoms with Crippen LogP contribution in [-0.4, -0.2) is 48.9 Å². The van der Waals surface area contributed by atoms with Crippen molar-refractivity contribution in [3.05, 3.63) is 35.4 Å². The molecule has 1 aromatic rings. The summed E-state index contributed by atoms with van der Waals surface area (Å²) in [6.07, 6.45) is 0.274. The van der Waals surface area contributed by atoms with Crippen LogP contribution < -0.4 is 0 Å². The number of benzene rings is 1. The van der Waals surface area contributed by atoms with E-state index < -0.39 is 18.5 Å². The first-order valence-electron chi connectivity index (χ1n) is 6.72. The summed E-state index contributed by atoms with van der Waals surface area (Å²) in [5.41, 5.74) is 0.751. The molecule has 0 radical (unpaired) electrons. The summed E-state index contributed by atoms with van der Waals surface area (Å²) in [4.78, 5) is 47.5. The summed E-state index contributed by atoms with van der Waals surface area (Å²) in [6, 6.07) is 6.58. The van der Waals surface area contributed by atoms with Crippen LogP contribution in [0.2, 0.25) is 0 Å². The zero-order chi connectivity index (χ0) is 16.1. The Hall–Kier alpha value is -2.70. The first kappa shape index (κ1) is 15.7. The predicted molar refractivity (Wildman–Crippen MR) is 74.0 cm³/mol. The maximum absolute atomic E-state index is 12.1. The van der Waals surface area contributed by atoms with Crippen molar-refractivity contribution in [2.45, 2.75) is 12.8 Å². The Morgan fingerprint density at radius 3 is 2.18 bits per heavy atom. The first-order valence-corrected chi connectivity index (χ1v) is 6.72. The van der Waals surface area contributed by atoms with Crippen molar-refractivity contribution in [1.82, 2.24) is 4.90 Å². The second kappa shape index (κ2) is 6.84. The van der Waals surface area contributed by atoms with E-state index in [0.29, 0.717) is 11.1 Å². The van der Waals surface area contributed by atoms with Gasteiger partial charge in [0.15, 0.2) is 6.61 Å². The molecule has 2 amide bonds. The van der Waals surface area contributed by atoms with Crippen molar-refractivity contribution >= 4 is 23.8 Å². The number of nitrogens with zero attached hydrogens (tertiary/aromatic N) is 1. The van der Waals surface area contributed by atoms with Crippen LogP contribution in [0.25, 0.3) is 0 Å². The summed E-state index contributed by atoms with van der Waals surface area (Å²) in [6.45, 7) is -0.317. The van der Waals surface area contributed by atoms with Crippen molar-refractivity contribution < 1.29 is 28.7 Å². The summed E-state index contributed by atoms with van der Waals surface area (Å²) in [5, 5.41) is 0. The number of rotatable bonds is 6. The Balaban J connectivity index is 1.81. The maximum Gasteiger partial charge on any atom is 0.344 e. The molecule has 1 aromatic carbocycles. The molecule has 7 heteroatoms. The van der Waals surface area contributed by atoms with Gasteiger partial charge >= 0.3 is 11.9 Å². The van der Waals surface area contributed by atoms with Gasteiger partial charge in [-0.3, -0.25) is 19.3 Å². The minimum absolute atomic E-state index is 0.00436. The Labute approximate surface area is 126 Å². The number of carbonyl (C=O) groups is 4. The van der Waals surface area contributed by atoms with E-state index in [1.54, 1.807) is 24.3 Å². The molecule has 0 aliphatic carbocycles. The largest absolute Gasteiger partial charge is 0.466 e. The van der Waals surface area contributed by atoms with Crippen LogP contribution in [0.5, 0.6) is 0 Å². The lowest BCUT2D eigenvalue weighted by atomic mass is 10.1. The van der Waals surface area contributed by atoms with E-state index >= 15 is 0 Å². The van der Waals surface area contributed by atoms with Gasteiger partial charge < -0.3 is 9.47 Å². The van der Waals surface area contributed by atoms with Crippen molar-refractivity contribution in [1.29, 1.82) is 0 Å². The average Bonchev–Trinajstić information content (AvgIpc) is 2.78. The number of amides is 2. The van der Waals surface area contributed by atoms with E-state index in [1.807, 2.05) is 0 Å². The van der Waals surface area contributed by atoms with Gasteiger partial charge in [-0.05, 0) is 18.6 Å². The lowest BCUT2D eigenvalue weighted by molar-refractivity contribution is -0.157. The monoisotopic (exact) mass is 305 g/mol. The number of hydrogen-bond donors (Lipinski definition) is 0. The van der Waals surface area contributed by atoms with Crippen LogP contribution in [0, 0.1) is 0 Å². The highest BCUT2D eigenvalue weighted by Gasteiger charge is 2.34. The van der Waals surface area contributed by atoms with E-state index in [0.717, 1.165) is 4.90 Å². The fourth-order valence-corrected chi connectivity index (χ4v) is 2.09. The van der Waals surface area contributed by atoms with Crippen LogP contribution >= 0.6 is 0 Å². The second-order valence-corrected chi connectivity index (χ2v) is 4.65. The topological polar surface area (TPSA) is 90.0 Å². The zero-order valence-electron chi connectivity index (χ0n) is 12.0. The quantitative estimate of drug-likeness (QED) is 0.570. The molecule has 0 aromatic heterocycles. The fourth-order valence-electron chi connectivity index (χ4n) is 2.09. The van der Waals surface area contributed by atoms with E-state index in [2.05, 4.69) is 9.47 Å². The van der Waals surface area contributed by atoms with Gasteiger partial charge in [0, 0.05) is 13.0 Å². The molecule has 1 aliphatic heterocycles. The number of fused-ring (bicyclic) bond motifs is 1. The van der Waals surface area contributed by atoms with Crippen LogP contribution in [0.1, 0.15) is 33.6 Å². The molecule has 22 heavy (non-hydrogen) atoms. The molecular weight excluding hydrogens is 290 g/mol. The van der Waals surface area contributed by atoms with Crippen LogP contribution in [0.15, 0.2) is 24.3 Å². The minimum Gasteiger partial charge on any atom is -0.466 e. The normalized spacial score (nSPS) is 13.0. The van der Waals surface area contributed by atoms with Gasteiger partial charge in [0.05, 0.1) is 18.2 Å². The summed E-state index contributed by atoms with van der Waals surface area (Å²) >= 11 is 0. The Kier molecular flexibility index (Phi) is 4.88. The number of carbonyl (C=O) groups excluding carboxylic acids is 4. The Bertz CT molecular complexity index is 589. The summed E-state index contributed by atoms with van der Waals surface area (Å²) in [5.74, 6) is -1.94. The van der Waals surface area contributed by atoms with Crippen LogP contribution in [0.4, 0.5) is 0 Å². The molecule has 0 fully saturated rings. The predicted octanol–water partition coefficient (Wildman–Crippen LogP) is 0.779. The van der Waals surface area contributed by atoms with Crippen LogP contribution in [-0.2, 0) is 19.1 Å². The molecule has 7 nitrogen and oxygen atoms in total. The molecule has 0 atom stereocenters. The van der Waals surface area contributed by atoms with Gasteiger partial charge in [0.2, 0.25) is 0 Å². The maximum atomic E-state index is 12.1. The van der Waals surface area contributed by atoms with Gasteiger partial charge in [-0.2, -0.15) is 0 Å². The van der Waals surface area contributed by atoms with Crippen molar-refractivity contribution in [2.75, 3.05) is 20.3 Å². The van der Waals surface area contributed by atoms with Gasteiger partial charge in [-0.15, -0.1) is 0 Å². The smallest absolute Gasteiger partial charge is 0.344 e. The molecule has 0 saturated carbocycles. The third-order valence-electron chi connectivity index (χ3n) is 3.22. The zero-order valence-corrected chi connectivity index (χ0v) is 12.0. The van der Waals surface area contributed by atoms with Crippen LogP contribution in [0.3, 0.4) is 0 Å². The number of imide groups is 1. The van der Waals surface area contributed by atoms with Gasteiger partial charge in [0.1, 0.15) is 0 Å². The number of esters is 2. The molecular formula is C15H15NO6. The molecule has 0 saturated heterocycles. The fraction of sp³-hybridized carbons (Fsp3) is 0.333. The lowest BCUT2D eigenvalue weighted by Gasteiger charge is -2.13. The number of hydrogen-bond acceptors (Lipinski definition) is 6. The highest BCUT2D eigenvalue weighted by molar-refractivity contribution is 6.21. The average molecular weight is 305 g/mol. The Morgan fingerprint density at radius 2 is 1.64 bits per heavy atom. The van der Waals surface area contributed by atoms with E-state index in [4.69, 9.17) is 0 Å². The molecule has 0 bridgehead atoms. The third kappa shape index (κ3) is 3.30. The Morgan fingerprint density at radius 1 is 1.05 bits per heavy atom. The molecule has 0 unspecified atom stereocenters. The minimum atomic E-state index is -0.645. The summed E-state index contributed by atoms with van der Waals surface area (Å²) in [7, 11) is 1.19. The van der Waals surface area contributed by atoms with Crippen molar-refractivity contribution in [2.24, 2.45) is 0 Å². The SMILES string of the molecule is COC(=O)COC(=O)CCCN1C(=O)c2ccccc2C1=O. The molecule has 2 rings (SSSR count). The van der Waals surface area contributed by atoms with E-state index in [1.165, 1.54) is 7.11 Å². The molecule has 116 valence electrons. The van der Waals surface area contributed by atoms with E-state index in [9.17, 15) is 19.2 Å². The van der Waals surface area contributed by atoms with E-state index in [-0.39, 0.29) is 31.2 Å². The van der Waals surface area contributed by atoms with Gasteiger partial charge in [0.25, 0.3) is 11.8 Å². The molecule has 0 N–H and O–H groups in total. The number of methoxy groups -OCH3 is 1. The van der Waals surface area contributed by atoms with Crippen molar-refractivity contribution in [3.63, 3.8) is 0 Å². The highest BCUT2D eigenvalue weighted by atomic mass is 16.6. The third-order valence-corrected chi connectivity index (χ3v) is 3.22. The lowest BCUT2D eigenvalue weighted by Crippen LogP contribution is -2.31. The molecule has 1 heterocycles.